The molecule has 0 unspecified atom stereocenters. The summed E-state index contributed by atoms with van der Waals surface area (Å²) in [4.78, 5) is 20.4. The summed E-state index contributed by atoms with van der Waals surface area (Å²) >= 11 is 0. The Hall–Kier alpha value is -2.71. The first-order valence-electron chi connectivity index (χ1n) is 8.97. The second-order valence-electron chi connectivity index (χ2n) is 7.11. The Morgan fingerprint density at radius 3 is 2.67 bits per heavy atom. The lowest BCUT2D eigenvalue weighted by Crippen LogP contribution is -2.50. The minimum Gasteiger partial charge on any atom is -0.382 e. The van der Waals surface area contributed by atoms with Crippen LogP contribution < -0.4 is 22.1 Å². The van der Waals surface area contributed by atoms with Gasteiger partial charge in [-0.15, -0.1) is 0 Å². The molecule has 0 saturated carbocycles. The Morgan fingerprint density at radius 1 is 1.26 bits per heavy atom. The molecule has 8 nitrogen and oxygen atoms in total. The Kier molecular flexibility index (Phi) is 5.57. The number of nitrogens with two attached hydrogens (primary N) is 2. The van der Waals surface area contributed by atoms with E-state index in [1.54, 1.807) is 12.3 Å². The summed E-state index contributed by atoms with van der Waals surface area (Å²) in [6.45, 7) is 5.83. The van der Waals surface area contributed by atoms with Gasteiger partial charge in [0.2, 0.25) is 0 Å². The zero-order chi connectivity index (χ0) is 19.4. The largest absolute Gasteiger partial charge is 0.382 e. The summed E-state index contributed by atoms with van der Waals surface area (Å²) in [5.41, 5.74) is 14.9. The van der Waals surface area contributed by atoms with Gasteiger partial charge in [-0.3, -0.25) is 4.79 Å². The monoisotopic (exact) mass is 370 g/mol. The van der Waals surface area contributed by atoms with E-state index in [0.29, 0.717) is 31.3 Å². The van der Waals surface area contributed by atoms with Crippen molar-refractivity contribution in [1.82, 2.24) is 9.97 Å². The van der Waals surface area contributed by atoms with E-state index in [9.17, 15) is 4.79 Å². The summed E-state index contributed by atoms with van der Waals surface area (Å²) in [6.07, 6.45) is 3.18. The average molecular weight is 370 g/mol. The molecule has 6 N–H and O–H groups in total. The fourth-order valence-corrected chi connectivity index (χ4v) is 3.13. The normalized spacial score (nSPS) is 16.0. The number of primary amides is 1. The van der Waals surface area contributed by atoms with Crippen LogP contribution in [0.1, 0.15) is 34.6 Å². The van der Waals surface area contributed by atoms with Crippen molar-refractivity contribution in [2.75, 3.05) is 30.4 Å². The third kappa shape index (κ3) is 4.93. The first-order valence-corrected chi connectivity index (χ1v) is 8.97. The molecule has 1 aliphatic heterocycles. The van der Waals surface area contributed by atoms with E-state index in [-0.39, 0.29) is 11.2 Å². The lowest BCUT2D eigenvalue weighted by Gasteiger charge is -2.33. The number of aromatic nitrogens is 2. The second kappa shape index (κ2) is 7.89. The quantitative estimate of drug-likeness (QED) is 0.611. The van der Waals surface area contributed by atoms with Gasteiger partial charge in [0.1, 0.15) is 5.82 Å². The average Bonchev–Trinajstić information content (AvgIpc) is 2.60. The number of carbonyl (C=O) groups is 1. The van der Waals surface area contributed by atoms with Crippen molar-refractivity contribution in [2.24, 2.45) is 11.5 Å². The second-order valence-corrected chi connectivity index (χ2v) is 7.11. The van der Waals surface area contributed by atoms with Crippen LogP contribution >= 0.6 is 0 Å². The molecule has 27 heavy (non-hydrogen) atoms. The lowest BCUT2D eigenvalue weighted by molar-refractivity contribution is 0.0575. The van der Waals surface area contributed by atoms with Crippen LogP contribution in [-0.4, -0.2) is 41.2 Å². The fourth-order valence-electron chi connectivity index (χ4n) is 3.13. The molecular formula is C19H26N6O2. The van der Waals surface area contributed by atoms with Crippen molar-refractivity contribution in [3.05, 3.63) is 41.3 Å². The number of carbonyl (C=O) groups excluding carboxylic acids is 1. The van der Waals surface area contributed by atoms with E-state index in [4.69, 9.17) is 16.2 Å². The van der Waals surface area contributed by atoms with Crippen molar-refractivity contribution in [2.45, 2.75) is 32.2 Å². The number of nitrogens with one attached hydrogen (secondary N) is 2. The third-order valence-corrected chi connectivity index (χ3v) is 4.61. The summed E-state index contributed by atoms with van der Waals surface area (Å²) in [5, 5.41) is 6.47. The molecule has 1 amide bonds. The van der Waals surface area contributed by atoms with Crippen LogP contribution in [0, 0.1) is 13.8 Å². The molecule has 144 valence electrons. The van der Waals surface area contributed by atoms with Gasteiger partial charge in [0, 0.05) is 31.0 Å². The van der Waals surface area contributed by atoms with Crippen LogP contribution in [0.15, 0.2) is 24.4 Å². The number of nitrogens with zero attached hydrogens (tertiary/aromatic N) is 2. The highest BCUT2D eigenvalue weighted by molar-refractivity contribution is 5.97. The van der Waals surface area contributed by atoms with Crippen LogP contribution in [0.25, 0.3) is 0 Å². The van der Waals surface area contributed by atoms with Gasteiger partial charge in [0.15, 0.2) is 5.69 Å². The van der Waals surface area contributed by atoms with Crippen LogP contribution in [0.4, 0.5) is 17.2 Å². The zero-order valence-corrected chi connectivity index (χ0v) is 15.7. The Bertz CT molecular complexity index is 813. The molecule has 1 saturated heterocycles. The maximum absolute atomic E-state index is 11.8. The summed E-state index contributed by atoms with van der Waals surface area (Å²) in [7, 11) is 0. The Labute approximate surface area is 158 Å². The molecule has 2 aromatic heterocycles. The molecule has 2 aromatic rings. The number of hydrogen-bond donors (Lipinski definition) is 4. The standard InChI is InChI=1S/C19H26N6O2/c1-12-7-13(2)24-16(8-12)25-15-9-14(10-22-17(15)18(20)26)23-11-19(21)3-5-27-6-4-19/h7-10,23H,3-6,11,21H2,1-2H3,(H2,20,26)(H,24,25). The molecule has 0 aliphatic carbocycles. The van der Waals surface area contributed by atoms with E-state index < -0.39 is 5.91 Å². The Balaban J connectivity index is 1.81. The number of rotatable bonds is 6. The van der Waals surface area contributed by atoms with E-state index >= 15 is 0 Å². The van der Waals surface area contributed by atoms with Crippen molar-refractivity contribution >= 4 is 23.1 Å². The molecule has 0 bridgehead atoms. The van der Waals surface area contributed by atoms with Crippen LogP contribution in [0.2, 0.25) is 0 Å². The topological polar surface area (TPSA) is 128 Å². The van der Waals surface area contributed by atoms with Crippen molar-refractivity contribution < 1.29 is 9.53 Å². The number of anilines is 3. The van der Waals surface area contributed by atoms with Gasteiger partial charge < -0.3 is 26.8 Å². The van der Waals surface area contributed by atoms with Gasteiger partial charge in [-0.1, -0.05) is 0 Å². The summed E-state index contributed by atoms with van der Waals surface area (Å²) in [5.74, 6) is 0.0295. The molecule has 8 heteroatoms. The van der Waals surface area contributed by atoms with Crippen molar-refractivity contribution in [3.63, 3.8) is 0 Å². The van der Waals surface area contributed by atoms with E-state index in [1.165, 1.54) is 0 Å². The minimum atomic E-state index is -0.604. The van der Waals surface area contributed by atoms with E-state index in [2.05, 4.69) is 20.6 Å². The van der Waals surface area contributed by atoms with Crippen molar-refractivity contribution in [3.8, 4) is 0 Å². The van der Waals surface area contributed by atoms with Gasteiger partial charge in [-0.05, 0) is 50.5 Å². The molecule has 0 spiro atoms. The van der Waals surface area contributed by atoms with Gasteiger partial charge in [0.05, 0.1) is 17.6 Å². The number of amides is 1. The predicted octanol–water partition coefficient (Wildman–Crippen LogP) is 1.86. The lowest BCUT2D eigenvalue weighted by atomic mass is 9.91. The third-order valence-electron chi connectivity index (χ3n) is 4.61. The molecule has 1 aliphatic rings. The van der Waals surface area contributed by atoms with Gasteiger partial charge in [-0.2, -0.15) is 0 Å². The highest BCUT2D eigenvalue weighted by Crippen LogP contribution is 2.24. The van der Waals surface area contributed by atoms with Gasteiger partial charge in [0.25, 0.3) is 5.91 Å². The number of aryl methyl sites for hydroxylation is 2. The maximum atomic E-state index is 11.8. The molecule has 1 fully saturated rings. The smallest absolute Gasteiger partial charge is 0.269 e. The SMILES string of the molecule is Cc1cc(C)nc(Nc2cc(NCC3(N)CCOCC3)cnc2C(N)=O)c1. The maximum Gasteiger partial charge on any atom is 0.269 e. The van der Waals surface area contributed by atoms with Gasteiger partial charge in [-0.25, -0.2) is 9.97 Å². The zero-order valence-electron chi connectivity index (χ0n) is 15.7. The predicted molar refractivity (Wildman–Crippen MR) is 105 cm³/mol. The number of hydrogen-bond acceptors (Lipinski definition) is 7. The molecule has 0 atom stereocenters. The van der Waals surface area contributed by atoms with Crippen molar-refractivity contribution in [1.29, 1.82) is 0 Å². The summed E-state index contributed by atoms with van der Waals surface area (Å²) in [6, 6.07) is 5.68. The summed E-state index contributed by atoms with van der Waals surface area (Å²) < 4.78 is 5.38. The molecule has 3 rings (SSSR count). The number of pyridine rings is 2. The highest BCUT2D eigenvalue weighted by atomic mass is 16.5. The van der Waals surface area contributed by atoms with E-state index in [0.717, 1.165) is 29.8 Å². The highest BCUT2D eigenvalue weighted by Gasteiger charge is 2.27. The molecule has 0 aromatic carbocycles. The first-order chi connectivity index (χ1) is 12.8. The molecule has 3 heterocycles. The minimum absolute atomic E-state index is 0.162. The molecule has 0 radical (unpaired) electrons. The van der Waals surface area contributed by atoms with E-state index in [1.807, 2.05) is 26.0 Å². The van der Waals surface area contributed by atoms with Crippen LogP contribution in [0.5, 0.6) is 0 Å². The van der Waals surface area contributed by atoms with Crippen LogP contribution in [-0.2, 0) is 4.74 Å². The first kappa shape index (κ1) is 19.1. The van der Waals surface area contributed by atoms with Crippen LogP contribution in [0.3, 0.4) is 0 Å². The molecular weight excluding hydrogens is 344 g/mol. The fraction of sp³-hybridized carbons (Fsp3) is 0.421. The Morgan fingerprint density at radius 2 is 2.00 bits per heavy atom. The number of ether oxygens (including phenoxy) is 1. The van der Waals surface area contributed by atoms with Gasteiger partial charge >= 0.3 is 0 Å².